The van der Waals surface area contributed by atoms with E-state index in [2.05, 4.69) is 12.1 Å². The van der Waals surface area contributed by atoms with Crippen molar-refractivity contribution < 1.29 is 19.1 Å². The number of hydrogen-bond acceptors (Lipinski definition) is 4. The van der Waals surface area contributed by atoms with Crippen molar-refractivity contribution in [3.8, 4) is 5.75 Å². The average Bonchev–Trinajstić information content (AvgIpc) is 2.95. The van der Waals surface area contributed by atoms with Gasteiger partial charge in [0.25, 0.3) is 0 Å². The molecule has 0 spiro atoms. The molecule has 6 nitrogen and oxygen atoms in total. The quantitative estimate of drug-likeness (QED) is 0.672. The Balaban J connectivity index is 1.68. The van der Waals surface area contributed by atoms with Crippen LogP contribution < -0.4 is 4.74 Å². The summed E-state index contributed by atoms with van der Waals surface area (Å²) in [6.45, 7) is 3.83. The van der Waals surface area contributed by atoms with Crippen LogP contribution in [0.2, 0.25) is 0 Å². The van der Waals surface area contributed by atoms with E-state index in [1.165, 1.54) is 5.56 Å². The molecule has 160 valence electrons. The second-order valence-electron chi connectivity index (χ2n) is 7.49. The van der Waals surface area contributed by atoms with E-state index in [0.29, 0.717) is 32.7 Å². The largest absolute Gasteiger partial charge is 0.497 e. The lowest BCUT2D eigenvalue weighted by Gasteiger charge is -2.25. The van der Waals surface area contributed by atoms with E-state index >= 15 is 0 Å². The van der Waals surface area contributed by atoms with E-state index in [1.807, 2.05) is 54.3 Å². The van der Waals surface area contributed by atoms with Gasteiger partial charge in [-0.2, -0.15) is 0 Å². The van der Waals surface area contributed by atoms with E-state index in [-0.39, 0.29) is 24.5 Å². The van der Waals surface area contributed by atoms with Crippen LogP contribution >= 0.6 is 0 Å². The minimum Gasteiger partial charge on any atom is -0.497 e. The number of methoxy groups -OCH3 is 1. The Bertz CT molecular complexity index is 840. The Labute approximate surface area is 178 Å². The molecule has 1 fully saturated rings. The molecule has 1 saturated heterocycles. The van der Waals surface area contributed by atoms with Crippen molar-refractivity contribution in [2.45, 2.75) is 32.5 Å². The molecule has 2 amide bonds. The van der Waals surface area contributed by atoms with E-state index in [1.54, 1.807) is 12.0 Å². The fraction of sp³-hybridized carbons (Fsp3) is 0.417. The normalized spacial score (nSPS) is 17.0. The average molecular weight is 411 g/mol. The summed E-state index contributed by atoms with van der Waals surface area (Å²) in [5.74, 6) is 0.725. The first kappa shape index (κ1) is 21.8. The van der Waals surface area contributed by atoms with Gasteiger partial charge in [-0.25, -0.2) is 0 Å². The predicted molar refractivity (Wildman–Crippen MR) is 115 cm³/mol. The van der Waals surface area contributed by atoms with Crippen LogP contribution in [0.4, 0.5) is 0 Å². The molecule has 6 heteroatoms. The van der Waals surface area contributed by atoms with E-state index < -0.39 is 0 Å². The van der Waals surface area contributed by atoms with E-state index in [0.717, 1.165) is 17.7 Å². The Morgan fingerprint density at radius 3 is 2.57 bits per heavy atom. The van der Waals surface area contributed by atoms with Crippen molar-refractivity contribution in [1.29, 1.82) is 0 Å². The van der Waals surface area contributed by atoms with Crippen LogP contribution in [0, 0.1) is 0 Å². The highest BCUT2D eigenvalue weighted by Crippen LogP contribution is 2.16. The van der Waals surface area contributed by atoms with Gasteiger partial charge in [-0.15, -0.1) is 0 Å². The van der Waals surface area contributed by atoms with Gasteiger partial charge in [0.05, 0.1) is 26.4 Å². The second-order valence-corrected chi connectivity index (χ2v) is 7.49. The van der Waals surface area contributed by atoms with Crippen molar-refractivity contribution in [3.63, 3.8) is 0 Å². The molecule has 0 saturated carbocycles. The maximum atomic E-state index is 12.8. The zero-order valence-corrected chi connectivity index (χ0v) is 17.8. The zero-order chi connectivity index (χ0) is 21.3. The Morgan fingerprint density at radius 1 is 1.07 bits per heavy atom. The smallest absolute Gasteiger partial charge is 0.242 e. The third-order valence-electron chi connectivity index (χ3n) is 5.32. The van der Waals surface area contributed by atoms with Crippen LogP contribution in [0.5, 0.6) is 5.75 Å². The lowest BCUT2D eigenvalue weighted by molar-refractivity contribution is -0.138. The van der Waals surface area contributed by atoms with Gasteiger partial charge >= 0.3 is 0 Å². The van der Waals surface area contributed by atoms with Gasteiger partial charge in [0, 0.05) is 26.1 Å². The Hall–Kier alpha value is -2.86. The molecule has 1 aliphatic heterocycles. The topological polar surface area (TPSA) is 59.1 Å². The first-order valence-corrected chi connectivity index (χ1v) is 10.4. The standard InChI is InChI=1S/C24H30N2O4/c1-3-23(27)26-16-22(30-18-20-10-7-11-21(14-20)29-2)15-25(24(28)17-26)13-12-19-8-5-4-6-9-19/h4-11,14,22H,3,12-13,15-18H2,1-2H3/t22-/m0/s1. The summed E-state index contributed by atoms with van der Waals surface area (Å²) in [7, 11) is 1.63. The molecule has 2 aromatic rings. The number of carbonyl (C=O) groups excluding carboxylic acids is 2. The minimum atomic E-state index is -0.242. The molecule has 0 radical (unpaired) electrons. The molecule has 2 aromatic carbocycles. The number of ether oxygens (including phenoxy) is 2. The first-order chi connectivity index (χ1) is 14.6. The number of benzene rings is 2. The summed E-state index contributed by atoms with van der Waals surface area (Å²) in [5.41, 5.74) is 2.18. The Kier molecular flexibility index (Phi) is 7.85. The fourth-order valence-corrected chi connectivity index (χ4v) is 3.60. The van der Waals surface area contributed by atoms with Gasteiger partial charge < -0.3 is 19.3 Å². The summed E-state index contributed by atoms with van der Waals surface area (Å²) < 4.78 is 11.4. The summed E-state index contributed by atoms with van der Waals surface area (Å²) in [5, 5.41) is 0. The van der Waals surface area contributed by atoms with Gasteiger partial charge in [-0.3, -0.25) is 9.59 Å². The van der Waals surface area contributed by atoms with Crippen LogP contribution in [0.15, 0.2) is 54.6 Å². The summed E-state index contributed by atoms with van der Waals surface area (Å²) in [4.78, 5) is 28.6. The van der Waals surface area contributed by atoms with E-state index in [9.17, 15) is 9.59 Å². The summed E-state index contributed by atoms with van der Waals surface area (Å²) in [6.07, 6.45) is 0.908. The van der Waals surface area contributed by atoms with Crippen LogP contribution in [0.3, 0.4) is 0 Å². The molecule has 0 bridgehead atoms. The zero-order valence-electron chi connectivity index (χ0n) is 17.8. The fourth-order valence-electron chi connectivity index (χ4n) is 3.60. The molecule has 3 rings (SSSR count). The van der Waals surface area contributed by atoms with Crippen molar-refractivity contribution in [3.05, 3.63) is 65.7 Å². The maximum Gasteiger partial charge on any atom is 0.242 e. The third-order valence-corrected chi connectivity index (χ3v) is 5.32. The van der Waals surface area contributed by atoms with Crippen molar-refractivity contribution in [2.24, 2.45) is 0 Å². The lowest BCUT2D eigenvalue weighted by atomic mass is 10.1. The van der Waals surface area contributed by atoms with Gasteiger partial charge in [-0.1, -0.05) is 49.4 Å². The summed E-state index contributed by atoms with van der Waals surface area (Å²) >= 11 is 0. The van der Waals surface area contributed by atoms with Gasteiger partial charge in [0.1, 0.15) is 5.75 Å². The highest BCUT2D eigenvalue weighted by molar-refractivity contribution is 5.85. The Morgan fingerprint density at radius 2 is 1.83 bits per heavy atom. The van der Waals surface area contributed by atoms with Gasteiger partial charge in [0.2, 0.25) is 11.8 Å². The van der Waals surface area contributed by atoms with Crippen LogP contribution in [-0.4, -0.2) is 61.0 Å². The third kappa shape index (κ3) is 6.07. The molecule has 0 aliphatic carbocycles. The molecule has 1 heterocycles. The highest BCUT2D eigenvalue weighted by atomic mass is 16.5. The molecular formula is C24H30N2O4. The van der Waals surface area contributed by atoms with Crippen molar-refractivity contribution in [1.82, 2.24) is 9.80 Å². The van der Waals surface area contributed by atoms with Crippen LogP contribution in [-0.2, 0) is 27.4 Å². The lowest BCUT2D eigenvalue weighted by Crippen LogP contribution is -2.39. The molecular weight excluding hydrogens is 380 g/mol. The number of rotatable bonds is 8. The van der Waals surface area contributed by atoms with Crippen LogP contribution in [0.1, 0.15) is 24.5 Å². The molecule has 30 heavy (non-hydrogen) atoms. The minimum absolute atomic E-state index is 0.0248. The van der Waals surface area contributed by atoms with Crippen LogP contribution in [0.25, 0.3) is 0 Å². The number of hydrogen-bond donors (Lipinski definition) is 0. The van der Waals surface area contributed by atoms with Crippen molar-refractivity contribution >= 4 is 11.8 Å². The molecule has 0 N–H and O–H groups in total. The first-order valence-electron chi connectivity index (χ1n) is 10.4. The molecule has 0 aromatic heterocycles. The molecule has 0 unspecified atom stereocenters. The number of nitrogens with zero attached hydrogens (tertiary/aromatic N) is 2. The number of carbonyl (C=O) groups is 2. The highest BCUT2D eigenvalue weighted by Gasteiger charge is 2.30. The van der Waals surface area contributed by atoms with E-state index in [4.69, 9.17) is 9.47 Å². The second kappa shape index (κ2) is 10.8. The SMILES string of the molecule is CCC(=O)N1CC(=O)N(CCc2ccccc2)C[C@H](OCc2cccc(OC)c2)C1. The number of amides is 2. The molecule has 1 aliphatic rings. The van der Waals surface area contributed by atoms with Gasteiger partial charge in [-0.05, 0) is 29.7 Å². The van der Waals surface area contributed by atoms with Gasteiger partial charge in [0.15, 0.2) is 0 Å². The summed E-state index contributed by atoms with van der Waals surface area (Å²) in [6, 6.07) is 17.8. The monoisotopic (exact) mass is 410 g/mol. The van der Waals surface area contributed by atoms with Crippen molar-refractivity contribution in [2.75, 3.05) is 33.3 Å². The molecule has 1 atom stereocenters. The predicted octanol–water partition coefficient (Wildman–Crippen LogP) is 2.90. The maximum absolute atomic E-state index is 12.8.